The summed E-state index contributed by atoms with van der Waals surface area (Å²) in [6.07, 6.45) is -0.791. The summed E-state index contributed by atoms with van der Waals surface area (Å²) in [6.45, 7) is 1.83. The van der Waals surface area contributed by atoms with Gasteiger partial charge in [-0.2, -0.15) is 0 Å². The number of carbonyl (C=O) groups excluding carboxylic acids is 1. The Morgan fingerprint density at radius 2 is 1.68 bits per heavy atom. The molecule has 2 aromatic carbocycles. The minimum atomic E-state index is -3.96. The molecule has 8 heteroatoms. The lowest BCUT2D eigenvalue weighted by molar-refractivity contribution is 0.0628. The van der Waals surface area contributed by atoms with Gasteiger partial charge >= 0.3 is 0 Å². The zero-order valence-electron chi connectivity index (χ0n) is 15.0. The van der Waals surface area contributed by atoms with E-state index >= 15 is 0 Å². The summed E-state index contributed by atoms with van der Waals surface area (Å²) >= 11 is 0. The first-order valence-electron chi connectivity index (χ1n) is 8.66. The molecule has 0 saturated heterocycles. The van der Waals surface area contributed by atoms with Gasteiger partial charge in [0.2, 0.25) is 0 Å². The zero-order valence-corrected chi connectivity index (χ0v) is 15.8. The molecule has 0 radical (unpaired) electrons. The summed E-state index contributed by atoms with van der Waals surface area (Å²) in [7, 11) is -3.96. The maximum atomic E-state index is 13.1. The van der Waals surface area contributed by atoms with Crippen LogP contribution in [0, 0.1) is 6.92 Å². The Balaban J connectivity index is 1.78. The summed E-state index contributed by atoms with van der Waals surface area (Å²) < 4.78 is 25.7. The van der Waals surface area contributed by atoms with Crippen LogP contribution in [0.3, 0.4) is 0 Å². The normalized spacial score (nSPS) is 16.4. The monoisotopic (exact) mass is 394 g/mol. The van der Waals surface area contributed by atoms with Gasteiger partial charge in [-0.1, -0.05) is 36.4 Å². The first-order valence-corrected chi connectivity index (χ1v) is 10.1. The van der Waals surface area contributed by atoms with Crippen molar-refractivity contribution in [1.29, 1.82) is 0 Å². The quantitative estimate of drug-likeness (QED) is 0.710. The van der Waals surface area contributed by atoms with Gasteiger partial charge in [0.15, 0.2) is 6.17 Å². The van der Waals surface area contributed by atoms with Gasteiger partial charge in [-0.25, -0.2) is 13.4 Å². The number of aryl methyl sites for hydroxylation is 1. The lowest BCUT2D eigenvalue weighted by Crippen LogP contribution is -2.52. The van der Waals surface area contributed by atoms with Gasteiger partial charge in [0.05, 0.1) is 16.2 Å². The van der Waals surface area contributed by atoms with Gasteiger partial charge in [0.1, 0.15) is 0 Å². The molecule has 1 aliphatic rings. The highest BCUT2D eigenvalue weighted by atomic mass is 32.2. The SMILES string of the molecule is Cc1cccc([C@H]2Nc3ccccc3C(=O)N2NS(=O)(=O)c2ccccc2)n1. The molecule has 1 aromatic heterocycles. The average molecular weight is 394 g/mol. The number of aromatic nitrogens is 1. The van der Waals surface area contributed by atoms with Crippen LogP contribution in [-0.2, 0) is 10.0 Å². The van der Waals surface area contributed by atoms with E-state index in [0.29, 0.717) is 16.9 Å². The predicted octanol–water partition coefficient (Wildman–Crippen LogP) is 2.85. The number of carbonyl (C=O) groups is 1. The molecular formula is C20H18N4O3S. The number of hydrazine groups is 1. The average Bonchev–Trinajstić information content (AvgIpc) is 2.70. The van der Waals surface area contributed by atoms with Crippen molar-refractivity contribution >= 4 is 21.6 Å². The highest BCUT2D eigenvalue weighted by molar-refractivity contribution is 7.89. The van der Waals surface area contributed by atoms with Crippen LogP contribution in [0.15, 0.2) is 77.7 Å². The molecule has 0 bridgehead atoms. The van der Waals surface area contributed by atoms with Crippen molar-refractivity contribution in [3.8, 4) is 0 Å². The number of para-hydroxylation sites is 1. The Hall–Kier alpha value is -3.23. The maximum Gasteiger partial charge on any atom is 0.273 e. The summed E-state index contributed by atoms with van der Waals surface area (Å²) in [4.78, 5) is 20.1. The summed E-state index contributed by atoms with van der Waals surface area (Å²) in [5.74, 6) is -0.456. The minimum Gasteiger partial charge on any atom is -0.358 e. The number of sulfonamides is 1. The Morgan fingerprint density at radius 1 is 0.964 bits per heavy atom. The lowest BCUT2D eigenvalue weighted by Gasteiger charge is -2.37. The van der Waals surface area contributed by atoms with Crippen LogP contribution in [0.5, 0.6) is 0 Å². The molecule has 4 rings (SSSR count). The Labute approximate surface area is 163 Å². The summed E-state index contributed by atoms with van der Waals surface area (Å²) in [5.41, 5.74) is 2.29. The highest BCUT2D eigenvalue weighted by Gasteiger charge is 2.36. The molecule has 7 nitrogen and oxygen atoms in total. The zero-order chi connectivity index (χ0) is 19.7. The molecular weight excluding hydrogens is 376 g/mol. The maximum absolute atomic E-state index is 13.1. The first kappa shape index (κ1) is 18.1. The number of hydrogen-bond acceptors (Lipinski definition) is 5. The van der Waals surface area contributed by atoms with Crippen LogP contribution >= 0.6 is 0 Å². The van der Waals surface area contributed by atoms with Crippen LogP contribution in [0.25, 0.3) is 0 Å². The van der Waals surface area contributed by atoms with Crippen LogP contribution in [0.1, 0.15) is 27.9 Å². The Morgan fingerprint density at radius 3 is 2.43 bits per heavy atom. The van der Waals surface area contributed by atoms with Gasteiger partial charge in [-0.05, 0) is 43.3 Å². The molecule has 0 saturated carbocycles. The molecule has 28 heavy (non-hydrogen) atoms. The number of benzene rings is 2. The van der Waals surface area contributed by atoms with E-state index in [1.165, 1.54) is 12.1 Å². The first-order chi connectivity index (χ1) is 13.5. The molecule has 0 fully saturated rings. The van der Waals surface area contributed by atoms with E-state index in [4.69, 9.17) is 0 Å². The standard InChI is InChI=1S/C20H18N4O3S/c1-14-8-7-13-18(21-14)19-22-17-12-6-5-11-16(17)20(25)24(19)23-28(26,27)15-9-3-2-4-10-15/h2-13,19,22-23H,1H3/t19-/m0/s1. The molecule has 3 aromatic rings. The molecule has 2 heterocycles. The van der Waals surface area contributed by atoms with Crippen molar-refractivity contribution in [2.75, 3.05) is 5.32 Å². The van der Waals surface area contributed by atoms with Crippen molar-refractivity contribution in [2.45, 2.75) is 18.0 Å². The fraction of sp³-hybridized carbons (Fsp3) is 0.100. The highest BCUT2D eigenvalue weighted by Crippen LogP contribution is 2.31. The lowest BCUT2D eigenvalue weighted by atomic mass is 10.1. The number of nitrogens with one attached hydrogen (secondary N) is 2. The number of amides is 1. The second-order valence-corrected chi connectivity index (χ2v) is 8.04. The van der Waals surface area contributed by atoms with Crippen molar-refractivity contribution in [1.82, 2.24) is 14.8 Å². The molecule has 0 aliphatic carbocycles. The second-order valence-electron chi connectivity index (χ2n) is 6.38. The van der Waals surface area contributed by atoms with Crippen LogP contribution in [0.2, 0.25) is 0 Å². The Kier molecular flexibility index (Phi) is 4.58. The summed E-state index contributed by atoms with van der Waals surface area (Å²) in [5, 5.41) is 4.29. The van der Waals surface area contributed by atoms with Crippen molar-refractivity contribution in [2.24, 2.45) is 0 Å². The van der Waals surface area contributed by atoms with Crippen molar-refractivity contribution in [3.05, 3.63) is 89.7 Å². The van der Waals surface area contributed by atoms with E-state index in [2.05, 4.69) is 15.1 Å². The third kappa shape index (κ3) is 3.35. The van der Waals surface area contributed by atoms with Gasteiger partial charge in [0.25, 0.3) is 15.9 Å². The fourth-order valence-corrected chi connectivity index (χ4v) is 4.12. The number of rotatable bonds is 4. The third-order valence-corrected chi connectivity index (χ3v) is 5.72. The summed E-state index contributed by atoms with van der Waals surface area (Å²) in [6, 6.07) is 20.3. The molecule has 0 unspecified atom stereocenters. The molecule has 2 N–H and O–H groups in total. The fourth-order valence-electron chi connectivity index (χ4n) is 3.05. The third-order valence-electron chi connectivity index (χ3n) is 4.39. The molecule has 0 spiro atoms. The largest absolute Gasteiger partial charge is 0.358 e. The molecule has 1 amide bonds. The van der Waals surface area contributed by atoms with Gasteiger partial charge in [-0.3, -0.25) is 9.78 Å². The van der Waals surface area contributed by atoms with Gasteiger partial charge < -0.3 is 5.32 Å². The number of fused-ring (bicyclic) bond motifs is 1. The predicted molar refractivity (Wildman–Crippen MR) is 105 cm³/mol. The van der Waals surface area contributed by atoms with E-state index in [0.717, 1.165) is 10.7 Å². The topological polar surface area (TPSA) is 91.4 Å². The number of hydrogen-bond donors (Lipinski definition) is 2. The number of nitrogens with zero attached hydrogens (tertiary/aromatic N) is 2. The van der Waals surface area contributed by atoms with Crippen LogP contribution in [0.4, 0.5) is 5.69 Å². The second kappa shape index (κ2) is 7.06. The van der Waals surface area contributed by atoms with Crippen molar-refractivity contribution in [3.63, 3.8) is 0 Å². The molecule has 1 aliphatic heterocycles. The van der Waals surface area contributed by atoms with Crippen molar-refractivity contribution < 1.29 is 13.2 Å². The van der Waals surface area contributed by atoms with Crippen LogP contribution < -0.4 is 10.1 Å². The smallest absolute Gasteiger partial charge is 0.273 e. The molecule has 1 atom stereocenters. The Bertz CT molecular complexity index is 1130. The minimum absolute atomic E-state index is 0.0672. The number of anilines is 1. The van der Waals surface area contributed by atoms with E-state index in [1.807, 2.05) is 25.1 Å². The van der Waals surface area contributed by atoms with E-state index in [9.17, 15) is 13.2 Å². The van der Waals surface area contributed by atoms with E-state index in [1.54, 1.807) is 42.5 Å². The van der Waals surface area contributed by atoms with Gasteiger partial charge in [-0.15, -0.1) is 4.83 Å². The number of pyridine rings is 1. The van der Waals surface area contributed by atoms with Crippen LogP contribution in [-0.4, -0.2) is 24.3 Å². The van der Waals surface area contributed by atoms with Gasteiger partial charge in [0, 0.05) is 11.4 Å². The molecule has 142 valence electrons. The van der Waals surface area contributed by atoms with E-state index < -0.39 is 22.1 Å². The van der Waals surface area contributed by atoms with E-state index in [-0.39, 0.29) is 4.90 Å².